The molecular weight excluding hydrogens is 194 g/mol. The molecule has 2 rings (SSSR count). The lowest BCUT2D eigenvalue weighted by Gasteiger charge is -1.95. The highest BCUT2D eigenvalue weighted by molar-refractivity contribution is 7.18. The van der Waals surface area contributed by atoms with Crippen molar-refractivity contribution in [3.63, 3.8) is 0 Å². The average molecular weight is 207 g/mol. The zero-order chi connectivity index (χ0) is 9.97. The highest BCUT2D eigenvalue weighted by Crippen LogP contribution is 2.23. The van der Waals surface area contributed by atoms with Crippen LogP contribution in [-0.2, 0) is 12.8 Å². The second-order valence-electron chi connectivity index (χ2n) is 3.15. The van der Waals surface area contributed by atoms with Gasteiger partial charge in [0.15, 0.2) is 0 Å². The molecule has 0 unspecified atom stereocenters. The third kappa shape index (κ3) is 1.76. The van der Waals surface area contributed by atoms with Crippen LogP contribution >= 0.6 is 11.3 Å². The smallest absolute Gasteiger partial charge is 0.131 e. The van der Waals surface area contributed by atoms with Crippen LogP contribution in [0.5, 0.6) is 0 Å². The fraction of sp³-hybridized carbons (Fsp3) is 0.400. The molecule has 0 saturated carbocycles. The van der Waals surface area contributed by atoms with Gasteiger partial charge in [0.1, 0.15) is 10.7 Å². The molecule has 0 saturated heterocycles. The molecule has 4 heteroatoms. The molecule has 3 nitrogen and oxygen atoms in total. The molecule has 0 aromatic carbocycles. The Morgan fingerprint density at radius 2 is 2.36 bits per heavy atom. The monoisotopic (exact) mass is 207 g/mol. The zero-order valence-corrected chi connectivity index (χ0v) is 8.97. The summed E-state index contributed by atoms with van der Waals surface area (Å²) in [4.78, 5) is 11.2. The average Bonchev–Trinajstić information content (AvgIpc) is 2.60. The summed E-state index contributed by atoms with van der Waals surface area (Å²) in [5.41, 5.74) is 5.46. The molecule has 2 heterocycles. The van der Waals surface area contributed by atoms with Gasteiger partial charge in [0, 0.05) is 22.9 Å². The van der Waals surface area contributed by atoms with Crippen molar-refractivity contribution in [1.29, 1.82) is 0 Å². The van der Waals surface area contributed by atoms with E-state index in [-0.39, 0.29) is 0 Å². The van der Waals surface area contributed by atoms with Gasteiger partial charge in [0.05, 0.1) is 0 Å². The van der Waals surface area contributed by atoms with E-state index in [1.807, 2.05) is 6.20 Å². The van der Waals surface area contributed by atoms with Gasteiger partial charge in [-0.1, -0.05) is 6.92 Å². The first kappa shape index (κ1) is 9.55. The molecule has 74 valence electrons. The van der Waals surface area contributed by atoms with Crippen molar-refractivity contribution in [2.75, 3.05) is 6.54 Å². The topological polar surface area (TPSA) is 51.8 Å². The highest BCUT2D eigenvalue weighted by atomic mass is 32.1. The first-order valence-electron chi connectivity index (χ1n) is 4.78. The van der Waals surface area contributed by atoms with E-state index in [9.17, 15) is 0 Å². The van der Waals surface area contributed by atoms with Gasteiger partial charge in [0.25, 0.3) is 0 Å². The number of rotatable bonds is 3. The fourth-order valence-electron chi connectivity index (χ4n) is 1.34. The molecule has 0 aliphatic rings. The first-order chi connectivity index (χ1) is 6.83. The molecule has 2 N–H and O–H groups in total. The predicted molar refractivity (Wildman–Crippen MR) is 59.6 cm³/mol. The van der Waals surface area contributed by atoms with Crippen molar-refractivity contribution in [1.82, 2.24) is 9.97 Å². The van der Waals surface area contributed by atoms with E-state index in [0.29, 0.717) is 6.54 Å². The lowest BCUT2D eigenvalue weighted by Crippen LogP contribution is -2.05. The van der Waals surface area contributed by atoms with E-state index >= 15 is 0 Å². The van der Waals surface area contributed by atoms with Crippen LogP contribution in [0.25, 0.3) is 10.2 Å². The number of thiophene rings is 1. The van der Waals surface area contributed by atoms with Crippen molar-refractivity contribution in [3.05, 3.63) is 23.0 Å². The summed E-state index contributed by atoms with van der Waals surface area (Å²) in [5, 5.41) is 1.15. The molecule has 0 radical (unpaired) electrons. The van der Waals surface area contributed by atoms with E-state index in [2.05, 4.69) is 23.0 Å². The van der Waals surface area contributed by atoms with Crippen molar-refractivity contribution in [2.24, 2.45) is 5.73 Å². The highest BCUT2D eigenvalue weighted by Gasteiger charge is 2.03. The Labute approximate surface area is 87.0 Å². The molecule has 0 bridgehead atoms. The molecule has 0 fully saturated rings. The van der Waals surface area contributed by atoms with Crippen LogP contribution in [0.15, 0.2) is 12.3 Å². The van der Waals surface area contributed by atoms with E-state index in [0.717, 1.165) is 28.9 Å². The number of aromatic nitrogens is 2. The molecule has 14 heavy (non-hydrogen) atoms. The van der Waals surface area contributed by atoms with Crippen molar-refractivity contribution in [3.8, 4) is 0 Å². The molecule has 2 aromatic heterocycles. The third-order valence-electron chi connectivity index (χ3n) is 2.09. The molecule has 0 aliphatic heterocycles. The summed E-state index contributed by atoms with van der Waals surface area (Å²) < 4.78 is 0. The maximum atomic E-state index is 5.46. The normalized spacial score (nSPS) is 11.0. The van der Waals surface area contributed by atoms with Gasteiger partial charge in [-0.25, -0.2) is 9.97 Å². The Morgan fingerprint density at radius 3 is 3.07 bits per heavy atom. The number of hydrogen-bond donors (Lipinski definition) is 1. The van der Waals surface area contributed by atoms with Crippen LogP contribution in [0.4, 0.5) is 0 Å². The van der Waals surface area contributed by atoms with Crippen LogP contribution < -0.4 is 5.73 Å². The van der Waals surface area contributed by atoms with Gasteiger partial charge >= 0.3 is 0 Å². The van der Waals surface area contributed by atoms with Crippen LogP contribution in [0.1, 0.15) is 17.6 Å². The first-order valence-corrected chi connectivity index (χ1v) is 5.59. The third-order valence-corrected chi connectivity index (χ3v) is 3.28. The Bertz CT molecular complexity index is 436. The quantitative estimate of drug-likeness (QED) is 0.834. The van der Waals surface area contributed by atoms with Crippen LogP contribution in [0.3, 0.4) is 0 Å². The van der Waals surface area contributed by atoms with Gasteiger partial charge in [0.2, 0.25) is 0 Å². The van der Waals surface area contributed by atoms with Crippen LogP contribution in [0, 0.1) is 0 Å². The predicted octanol–water partition coefficient (Wildman–Crippen LogP) is 1.75. The Balaban J connectivity index is 2.43. The molecule has 0 aliphatic carbocycles. The summed E-state index contributed by atoms with van der Waals surface area (Å²) >= 11 is 1.75. The van der Waals surface area contributed by atoms with Crippen molar-refractivity contribution < 1.29 is 0 Å². The Hall–Kier alpha value is -1.00. The minimum Gasteiger partial charge on any atom is -0.330 e. The molecule has 0 spiro atoms. The second-order valence-corrected chi connectivity index (χ2v) is 4.27. The molecule has 2 aromatic rings. The van der Waals surface area contributed by atoms with Gasteiger partial charge in [-0.2, -0.15) is 0 Å². The number of aryl methyl sites for hydroxylation is 1. The lowest BCUT2D eigenvalue weighted by molar-refractivity contribution is 0.881. The minimum absolute atomic E-state index is 0.609. The number of hydrogen-bond acceptors (Lipinski definition) is 4. The van der Waals surface area contributed by atoms with E-state index < -0.39 is 0 Å². The SMILES string of the molecule is CCc1cc2cnc(CCN)nc2s1. The van der Waals surface area contributed by atoms with E-state index in [4.69, 9.17) is 5.73 Å². The Kier molecular flexibility index (Phi) is 2.74. The lowest BCUT2D eigenvalue weighted by atomic mass is 10.3. The number of fused-ring (bicyclic) bond motifs is 1. The van der Waals surface area contributed by atoms with Gasteiger partial charge < -0.3 is 5.73 Å². The fourth-order valence-corrected chi connectivity index (χ4v) is 2.30. The van der Waals surface area contributed by atoms with Gasteiger partial charge in [-0.05, 0) is 19.0 Å². The maximum absolute atomic E-state index is 5.46. The summed E-state index contributed by atoms with van der Waals surface area (Å²) in [5.74, 6) is 0.851. The molecule has 0 amide bonds. The van der Waals surface area contributed by atoms with Crippen molar-refractivity contribution in [2.45, 2.75) is 19.8 Å². The molecule has 0 atom stereocenters. The summed E-state index contributed by atoms with van der Waals surface area (Å²) in [6.45, 7) is 2.76. The zero-order valence-electron chi connectivity index (χ0n) is 8.16. The largest absolute Gasteiger partial charge is 0.330 e. The van der Waals surface area contributed by atoms with Crippen LogP contribution in [0.2, 0.25) is 0 Å². The second kappa shape index (κ2) is 4.02. The standard InChI is InChI=1S/C10H13N3S/c1-2-8-5-7-6-12-9(3-4-11)13-10(7)14-8/h5-6H,2-4,11H2,1H3. The van der Waals surface area contributed by atoms with Gasteiger partial charge in [-0.15, -0.1) is 11.3 Å². The van der Waals surface area contributed by atoms with E-state index in [1.165, 1.54) is 4.88 Å². The Morgan fingerprint density at radius 1 is 1.50 bits per heavy atom. The summed E-state index contributed by atoms with van der Waals surface area (Å²) in [7, 11) is 0. The van der Waals surface area contributed by atoms with E-state index in [1.54, 1.807) is 11.3 Å². The summed E-state index contributed by atoms with van der Waals surface area (Å²) in [6.07, 6.45) is 3.71. The maximum Gasteiger partial charge on any atom is 0.131 e. The van der Waals surface area contributed by atoms with Gasteiger partial charge in [-0.3, -0.25) is 0 Å². The number of nitrogens with two attached hydrogens (primary N) is 1. The summed E-state index contributed by atoms with van der Waals surface area (Å²) in [6, 6.07) is 2.16. The minimum atomic E-state index is 0.609. The van der Waals surface area contributed by atoms with Crippen molar-refractivity contribution >= 4 is 21.6 Å². The molecular formula is C10H13N3S. The number of nitrogens with zero attached hydrogens (tertiary/aromatic N) is 2. The van der Waals surface area contributed by atoms with Crippen LogP contribution in [-0.4, -0.2) is 16.5 Å².